The third-order valence-electron chi connectivity index (χ3n) is 12.3. The number of ether oxygens (including phenoxy) is 7. The first-order valence-electron chi connectivity index (χ1n) is 13.6. The summed E-state index contributed by atoms with van der Waals surface area (Å²) in [7, 11) is 9.39. The zero-order valence-corrected chi connectivity index (χ0v) is 22.2. The predicted octanol–water partition coefficient (Wildman–Crippen LogP) is 1.94. The number of nitrogens with zero attached hydrogens (tertiary/aromatic N) is 1. The van der Waals surface area contributed by atoms with Gasteiger partial charge in [-0.25, -0.2) is 0 Å². The Kier molecular flexibility index (Phi) is 5.18. The SMILES string of the molecule is CCN1C[C@]2(COC)CC[C@H](OC)[C@@]34C1[C@]1(OCO[C@@]15C[C@H](OC)[C@H]1C[C@@H]3[C@@H]5[C@H]1OC)[C@@H](OC)[C@H]24. The van der Waals surface area contributed by atoms with E-state index in [1.165, 1.54) is 0 Å². The highest BCUT2D eigenvalue weighted by atomic mass is 16.7. The van der Waals surface area contributed by atoms with E-state index in [0.717, 1.165) is 45.4 Å². The van der Waals surface area contributed by atoms with Gasteiger partial charge in [-0.1, -0.05) is 6.92 Å². The van der Waals surface area contributed by atoms with E-state index in [1.54, 1.807) is 0 Å². The van der Waals surface area contributed by atoms with Crippen LogP contribution >= 0.6 is 0 Å². The van der Waals surface area contributed by atoms with Crippen molar-refractivity contribution >= 4 is 0 Å². The number of likely N-dealkylation sites (tertiary alicyclic amines) is 1. The largest absolute Gasteiger partial charge is 0.384 e. The molecule has 7 aliphatic rings. The first-order chi connectivity index (χ1) is 17.0. The normalized spacial score (nSPS) is 59.7. The molecule has 0 aromatic heterocycles. The Bertz CT molecular complexity index is 874. The average Bonchev–Trinajstić information content (AvgIpc) is 3.45. The molecular weight excluding hydrogens is 450 g/mol. The van der Waals surface area contributed by atoms with Gasteiger partial charge in [0.2, 0.25) is 0 Å². The molecule has 0 N–H and O–H groups in total. The molecule has 0 amide bonds. The van der Waals surface area contributed by atoms with E-state index in [9.17, 15) is 0 Å². The van der Waals surface area contributed by atoms with E-state index >= 15 is 0 Å². The maximum Gasteiger partial charge on any atom is 0.148 e. The third kappa shape index (κ3) is 2.25. The quantitative estimate of drug-likeness (QED) is 0.533. The van der Waals surface area contributed by atoms with Crippen LogP contribution in [0.5, 0.6) is 0 Å². The summed E-state index contributed by atoms with van der Waals surface area (Å²) in [5.74, 6) is 1.25. The molecule has 2 saturated heterocycles. The number of fused-ring (bicyclic) bond motifs is 1. The second-order valence-corrected chi connectivity index (χ2v) is 12.5. The van der Waals surface area contributed by atoms with Crippen LogP contribution < -0.4 is 0 Å². The van der Waals surface area contributed by atoms with Crippen molar-refractivity contribution in [3.8, 4) is 0 Å². The van der Waals surface area contributed by atoms with Crippen LogP contribution in [0.2, 0.25) is 0 Å². The van der Waals surface area contributed by atoms with Gasteiger partial charge in [-0.2, -0.15) is 0 Å². The van der Waals surface area contributed by atoms with Crippen molar-refractivity contribution in [2.45, 2.75) is 74.3 Å². The van der Waals surface area contributed by atoms with Gasteiger partial charge >= 0.3 is 0 Å². The van der Waals surface area contributed by atoms with Gasteiger partial charge in [-0.15, -0.1) is 0 Å². The molecule has 198 valence electrons. The summed E-state index contributed by atoms with van der Waals surface area (Å²) < 4.78 is 45.7. The summed E-state index contributed by atoms with van der Waals surface area (Å²) in [5.41, 5.74) is -1.22. The smallest absolute Gasteiger partial charge is 0.148 e. The van der Waals surface area contributed by atoms with Crippen molar-refractivity contribution in [3.05, 3.63) is 0 Å². The number of hydrogen-bond donors (Lipinski definition) is 0. The van der Waals surface area contributed by atoms with E-state index in [4.69, 9.17) is 33.2 Å². The maximum absolute atomic E-state index is 7.02. The van der Waals surface area contributed by atoms with Crippen molar-refractivity contribution in [2.75, 3.05) is 62.0 Å². The summed E-state index contributed by atoms with van der Waals surface area (Å²) in [4.78, 5) is 2.71. The van der Waals surface area contributed by atoms with Crippen molar-refractivity contribution < 1.29 is 33.2 Å². The molecule has 35 heavy (non-hydrogen) atoms. The lowest BCUT2D eigenvalue weighted by Crippen LogP contribution is -2.81. The van der Waals surface area contributed by atoms with Gasteiger partial charge in [-0.05, 0) is 31.7 Å². The summed E-state index contributed by atoms with van der Waals surface area (Å²) in [5, 5.41) is 0. The van der Waals surface area contributed by atoms with Crippen LogP contribution in [0.15, 0.2) is 0 Å². The Labute approximate surface area is 209 Å². The van der Waals surface area contributed by atoms with Gasteiger partial charge < -0.3 is 33.2 Å². The van der Waals surface area contributed by atoms with Crippen LogP contribution in [0.25, 0.3) is 0 Å². The highest BCUT2D eigenvalue weighted by Gasteiger charge is 2.93. The fraction of sp³-hybridized carbons (Fsp3) is 1.00. The molecule has 8 heteroatoms. The molecule has 13 atom stereocenters. The fourth-order valence-corrected chi connectivity index (χ4v) is 12.0. The highest BCUT2D eigenvalue weighted by molar-refractivity contribution is 5.43. The number of likely N-dealkylation sites (N-methyl/N-ethyl adjacent to an activating group) is 1. The molecule has 5 saturated carbocycles. The van der Waals surface area contributed by atoms with Crippen molar-refractivity contribution in [1.82, 2.24) is 4.90 Å². The van der Waals surface area contributed by atoms with Crippen LogP contribution in [0, 0.1) is 34.5 Å². The topological polar surface area (TPSA) is 67.9 Å². The molecular formula is C27H43NO7. The lowest BCUT2D eigenvalue weighted by molar-refractivity contribution is -0.287. The Morgan fingerprint density at radius 1 is 1.00 bits per heavy atom. The van der Waals surface area contributed by atoms with Gasteiger partial charge in [0.25, 0.3) is 0 Å². The number of hydrogen-bond acceptors (Lipinski definition) is 8. The standard InChI is InChI=1S/C27H43NO7/c1-7-28-12-24(13-29-2)9-8-18(31-4)26-16-10-15-17(30-3)11-25(19(16)20(15)32-5)27(23(26)28,35-14-34-25)22(33-6)21(24)26/h15-23H,7-14H2,1-6H3/t15-,16-,17+,18+,19-,20+,21-,22+,23?,24+,25-,26+,27-/m1/s1. The number of piperidine rings is 1. The molecule has 0 aromatic rings. The Hall–Kier alpha value is -0.320. The van der Waals surface area contributed by atoms with Crippen molar-refractivity contribution in [2.24, 2.45) is 34.5 Å². The molecule has 7 fully saturated rings. The predicted molar refractivity (Wildman–Crippen MR) is 126 cm³/mol. The molecule has 0 radical (unpaired) electrons. The summed E-state index contributed by atoms with van der Waals surface area (Å²) >= 11 is 0. The molecule has 8 nitrogen and oxygen atoms in total. The van der Waals surface area contributed by atoms with Crippen LogP contribution in [0.4, 0.5) is 0 Å². The molecule has 2 aliphatic heterocycles. The van der Waals surface area contributed by atoms with E-state index < -0.39 is 11.2 Å². The first-order valence-corrected chi connectivity index (χ1v) is 13.6. The Morgan fingerprint density at radius 2 is 1.83 bits per heavy atom. The molecule has 2 heterocycles. The van der Waals surface area contributed by atoms with Gasteiger partial charge in [0.05, 0.1) is 37.1 Å². The van der Waals surface area contributed by atoms with Crippen LogP contribution in [0.1, 0.15) is 32.6 Å². The summed E-state index contributed by atoms with van der Waals surface area (Å²) in [6.07, 6.45) is 4.23. The number of rotatable bonds is 7. The Balaban J connectivity index is 1.56. The molecule has 5 aliphatic carbocycles. The zero-order valence-electron chi connectivity index (χ0n) is 22.2. The minimum absolute atomic E-state index is 0.00639. The van der Waals surface area contributed by atoms with E-state index in [1.807, 2.05) is 35.5 Å². The molecule has 1 unspecified atom stereocenters. The minimum atomic E-state index is -0.594. The lowest BCUT2D eigenvalue weighted by atomic mass is 9.42. The van der Waals surface area contributed by atoms with Crippen molar-refractivity contribution in [1.29, 1.82) is 0 Å². The molecule has 7 bridgehead atoms. The summed E-state index contributed by atoms with van der Waals surface area (Å²) in [6, 6.07) is 0.167. The molecule has 3 spiro atoms. The van der Waals surface area contributed by atoms with E-state index in [-0.39, 0.29) is 53.1 Å². The fourth-order valence-electron chi connectivity index (χ4n) is 12.0. The van der Waals surface area contributed by atoms with Gasteiger partial charge in [0, 0.05) is 77.1 Å². The third-order valence-corrected chi connectivity index (χ3v) is 12.3. The maximum atomic E-state index is 7.02. The monoisotopic (exact) mass is 493 g/mol. The van der Waals surface area contributed by atoms with E-state index in [2.05, 4.69) is 11.8 Å². The molecule has 7 rings (SSSR count). The van der Waals surface area contributed by atoms with Gasteiger partial charge in [0.1, 0.15) is 18.0 Å². The number of methoxy groups -OCH3 is 5. The van der Waals surface area contributed by atoms with Crippen LogP contribution in [0.3, 0.4) is 0 Å². The highest BCUT2D eigenvalue weighted by Crippen LogP contribution is 2.82. The lowest BCUT2D eigenvalue weighted by Gasteiger charge is -2.70. The molecule has 0 aromatic carbocycles. The second-order valence-electron chi connectivity index (χ2n) is 12.5. The zero-order chi connectivity index (χ0) is 24.4. The average molecular weight is 494 g/mol. The first kappa shape index (κ1) is 23.8. The Morgan fingerprint density at radius 3 is 2.49 bits per heavy atom. The second kappa shape index (κ2) is 7.63. The summed E-state index contributed by atoms with van der Waals surface area (Å²) in [6.45, 7) is 5.29. The van der Waals surface area contributed by atoms with Gasteiger partial charge in [0.15, 0.2) is 0 Å². The van der Waals surface area contributed by atoms with Crippen LogP contribution in [-0.2, 0) is 33.2 Å². The van der Waals surface area contributed by atoms with Crippen LogP contribution in [-0.4, -0.2) is 109 Å². The van der Waals surface area contributed by atoms with Crippen molar-refractivity contribution in [3.63, 3.8) is 0 Å². The minimum Gasteiger partial charge on any atom is -0.384 e. The van der Waals surface area contributed by atoms with Gasteiger partial charge in [-0.3, -0.25) is 4.90 Å². The van der Waals surface area contributed by atoms with E-state index in [0.29, 0.717) is 18.6 Å².